The monoisotopic (exact) mass is 168 g/mol. The minimum atomic E-state index is 0.916. The van der Waals surface area contributed by atoms with E-state index in [2.05, 4.69) is 24.5 Å². The Morgan fingerprint density at radius 2 is 2.40 bits per heavy atom. The summed E-state index contributed by atoms with van der Waals surface area (Å²) in [4.78, 5) is 1.10. The third-order valence-electron chi connectivity index (χ3n) is 0.980. The van der Waals surface area contributed by atoms with Crippen molar-refractivity contribution in [2.75, 3.05) is 0 Å². The lowest BCUT2D eigenvalue weighted by Gasteiger charge is -1.74. The van der Waals surface area contributed by atoms with Crippen LogP contribution in [0.15, 0.2) is 16.3 Å². The zero-order chi connectivity index (χ0) is 7.40. The SMILES string of the molecule is CCC#Cc1ccc(S)s1. The van der Waals surface area contributed by atoms with Gasteiger partial charge in [-0.2, -0.15) is 0 Å². The molecule has 0 saturated heterocycles. The maximum Gasteiger partial charge on any atom is 0.0780 e. The van der Waals surface area contributed by atoms with Crippen LogP contribution in [0.2, 0.25) is 0 Å². The first kappa shape index (κ1) is 7.71. The van der Waals surface area contributed by atoms with E-state index in [1.54, 1.807) is 11.3 Å². The molecule has 0 amide bonds. The summed E-state index contributed by atoms with van der Waals surface area (Å²) in [6.07, 6.45) is 0.916. The Hall–Kier alpha value is -0.390. The van der Waals surface area contributed by atoms with Crippen molar-refractivity contribution < 1.29 is 0 Å². The predicted molar refractivity (Wildman–Crippen MR) is 48.7 cm³/mol. The smallest absolute Gasteiger partial charge is 0.0780 e. The summed E-state index contributed by atoms with van der Waals surface area (Å²) in [6, 6.07) is 3.96. The van der Waals surface area contributed by atoms with Gasteiger partial charge in [0.2, 0.25) is 0 Å². The normalized spacial score (nSPS) is 8.60. The summed E-state index contributed by atoms with van der Waals surface area (Å²) in [6.45, 7) is 2.04. The molecule has 0 bridgehead atoms. The Morgan fingerprint density at radius 1 is 1.60 bits per heavy atom. The molecule has 0 saturated carbocycles. The molecular weight excluding hydrogens is 160 g/mol. The Balaban J connectivity index is 2.76. The molecule has 0 spiro atoms. The van der Waals surface area contributed by atoms with Crippen LogP contribution in [0, 0.1) is 11.8 Å². The van der Waals surface area contributed by atoms with Gasteiger partial charge in [0, 0.05) is 6.42 Å². The van der Waals surface area contributed by atoms with Gasteiger partial charge in [0.15, 0.2) is 0 Å². The van der Waals surface area contributed by atoms with E-state index in [9.17, 15) is 0 Å². The fourth-order valence-electron chi connectivity index (χ4n) is 0.570. The number of hydrogen-bond acceptors (Lipinski definition) is 2. The highest BCUT2D eigenvalue weighted by atomic mass is 32.2. The van der Waals surface area contributed by atoms with Gasteiger partial charge in [0.25, 0.3) is 0 Å². The maximum absolute atomic E-state index is 4.18. The standard InChI is InChI=1S/C8H8S2/c1-2-3-4-7-5-6-8(9)10-7/h5-6,9H,2H2,1H3. The second kappa shape index (κ2) is 3.70. The van der Waals surface area contributed by atoms with Crippen LogP contribution in [0.4, 0.5) is 0 Å². The van der Waals surface area contributed by atoms with Gasteiger partial charge in [-0.1, -0.05) is 18.8 Å². The number of thiophene rings is 1. The van der Waals surface area contributed by atoms with Gasteiger partial charge in [0.1, 0.15) is 0 Å². The van der Waals surface area contributed by atoms with Crippen LogP contribution in [0.3, 0.4) is 0 Å². The van der Waals surface area contributed by atoms with Gasteiger partial charge >= 0.3 is 0 Å². The summed E-state index contributed by atoms with van der Waals surface area (Å²) in [7, 11) is 0. The summed E-state index contributed by atoms with van der Waals surface area (Å²) < 4.78 is 1.03. The van der Waals surface area contributed by atoms with Crippen molar-refractivity contribution in [3.05, 3.63) is 17.0 Å². The summed E-state index contributed by atoms with van der Waals surface area (Å²) >= 11 is 5.80. The van der Waals surface area contributed by atoms with E-state index in [1.807, 2.05) is 19.1 Å². The lowest BCUT2D eigenvalue weighted by atomic mass is 10.4. The minimum Gasteiger partial charge on any atom is -0.133 e. The molecule has 0 aliphatic heterocycles. The van der Waals surface area contributed by atoms with Crippen LogP contribution in [0.25, 0.3) is 0 Å². The molecule has 0 unspecified atom stereocenters. The van der Waals surface area contributed by atoms with E-state index in [0.29, 0.717) is 0 Å². The number of rotatable bonds is 0. The Bertz CT molecular complexity index is 262. The predicted octanol–water partition coefficient (Wildman–Crippen LogP) is 2.80. The second-order valence-electron chi connectivity index (χ2n) is 1.79. The summed E-state index contributed by atoms with van der Waals surface area (Å²) in [5.74, 6) is 6.04. The lowest BCUT2D eigenvalue weighted by Crippen LogP contribution is -1.58. The van der Waals surface area contributed by atoms with Crippen LogP contribution >= 0.6 is 24.0 Å². The second-order valence-corrected chi connectivity index (χ2v) is 3.66. The average molecular weight is 168 g/mol. The van der Waals surface area contributed by atoms with Gasteiger partial charge in [-0.25, -0.2) is 0 Å². The van der Waals surface area contributed by atoms with E-state index in [1.165, 1.54) is 0 Å². The third-order valence-corrected chi connectivity index (χ3v) is 2.21. The molecular formula is C8H8S2. The first-order chi connectivity index (χ1) is 4.83. The Morgan fingerprint density at radius 3 is 2.90 bits per heavy atom. The van der Waals surface area contributed by atoms with Crippen molar-refractivity contribution in [2.45, 2.75) is 17.6 Å². The molecule has 0 aromatic carbocycles. The van der Waals surface area contributed by atoms with Crippen LogP contribution in [-0.4, -0.2) is 0 Å². The molecule has 0 aliphatic rings. The molecule has 2 heteroatoms. The van der Waals surface area contributed by atoms with Gasteiger partial charge in [0.05, 0.1) is 9.09 Å². The molecule has 0 radical (unpaired) electrons. The highest BCUT2D eigenvalue weighted by Gasteiger charge is 1.89. The fourth-order valence-corrected chi connectivity index (χ4v) is 1.56. The van der Waals surface area contributed by atoms with Gasteiger partial charge in [-0.05, 0) is 12.1 Å². The molecule has 0 nitrogen and oxygen atoms in total. The van der Waals surface area contributed by atoms with Crippen molar-refractivity contribution in [3.63, 3.8) is 0 Å². The first-order valence-electron chi connectivity index (χ1n) is 3.10. The quantitative estimate of drug-likeness (QED) is 0.447. The molecule has 1 aromatic rings. The van der Waals surface area contributed by atoms with Crippen LogP contribution in [-0.2, 0) is 0 Å². The Kier molecular flexibility index (Phi) is 2.85. The third kappa shape index (κ3) is 2.09. The van der Waals surface area contributed by atoms with Crippen LogP contribution in [0.1, 0.15) is 18.2 Å². The van der Waals surface area contributed by atoms with Crippen molar-refractivity contribution in [3.8, 4) is 11.8 Å². The van der Waals surface area contributed by atoms with Crippen molar-refractivity contribution in [2.24, 2.45) is 0 Å². The van der Waals surface area contributed by atoms with Crippen molar-refractivity contribution >= 4 is 24.0 Å². The molecule has 52 valence electrons. The molecule has 0 atom stereocenters. The molecule has 1 rings (SSSR count). The molecule has 1 aromatic heterocycles. The van der Waals surface area contributed by atoms with Gasteiger partial charge in [-0.15, -0.1) is 24.0 Å². The zero-order valence-corrected chi connectivity index (χ0v) is 7.43. The number of thiol groups is 1. The van der Waals surface area contributed by atoms with Crippen LogP contribution in [0.5, 0.6) is 0 Å². The highest BCUT2D eigenvalue weighted by Crippen LogP contribution is 2.18. The summed E-state index contributed by atoms with van der Waals surface area (Å²) in [5.41, 5.74) is 0. The first-order valence-corrected chi connectivity index (χ1v) is 4.37. The minimum absolute atomic E-state index is 0.916. The Labute approximate surface area is 70.7 Å². The topological polar surface area (TPSA) is 0 Å². The number of hydrogen-bond donors (Lipinski definition) is 1. The van der Waals surface area contributed by atoms with E-state index in [0.717, 1.165) is 15.5 Å². The largest absolute Gasteiger partial charge is 0.133 e. The summed E-state index contributed by atoms with van der Waals surface area (Å²) in [5, 5.41) is 0. The average Bonchev–Trinajstić information content (AvgIpc) is 2.31. The van der Waals surface area contributed by atoms with Gasteiger partial charge < -0.3 is 0 Å². The lowest BCUT2D eigenvalue weighted by molar-refractivity contribution is 1.28. The van der Waals surface area contributed by atoms with E-state index >= 15 is 0 Å². The van der Waals surface area contributed by atoms with Crippen LogP contribution < -0.4 is 0 Å². The fraction of sp³-hybridized carbons (Fsp3) is 0.250. The highest BCUT2D eigenvalue weighted by molar-refractivity contribution is 7.82. The van der Waals surface area contributed by atoms with E-state index in [4.69, 9.17) is 0 Å². The van der Waals surface area contributed by atoms with E-state index < -0.39 is 0 Å². The molecule has 0 fully saturated rings. The molecule has 1 heterocycles. The van der Waals surface area contributed by atoms with Crippen molar-refractivity contribution in [1.29, 1.82) is 0 Å². The van der Waals surface area contributed by atoms with Crippen molar-refractivity contribution in [1.82, 2.24) is 0 Å². The molecule has 0 N–H and O–H groups in total. The molecule has 10 heavy (non-hydrogen) atoms. The van der Waals surface area contributed by atoms with E-state index in [-0.39, 0.29) is 0 Å². The maximum atomic E-state index is 4.18. The molecule has 0 aliphatic carbocycles. The van der Waals surface area contributed by atoms with Gasteiger partial charge in [-0.3, -0.25) is 0 Å². The zero-order valence-electron chi connectivity index (χ0n) is 5.72.